The van der Waals surface area contributed by atoms with Gasteiger partial charge in [0.2, 0.25) is 0 Å². The summed E-state index contributed by atoms with van der Waals surface area (Å²) in [5.41, 5.74) is 1.97. The molecule has 0 amide bonds. The van der Waals surface area contributed by atoms with E-state index < -0.39 is 0 Å². The second-order valence-electron chi connectivity index (χ2n) is 6.81. The first-order chi connectivity index (χ1) is 11.7. The number of anilines is 1. The van der Waals surface area contributed by atoms with Crippen molar-refractivity contribution in [3.05, 3.63) is 47.8 Å². The average Bonchev–Trinajstić information content (AvgIpc) is 2.94. The largest absolute Gasteiger partial charge is 0.487 e. The lowest BCUT2D eigenvalue weighted by atomic mass is 9.73. The van der Waals surface area contributed by atoms with Crippen molar-refractivity contribution in [2.24, 2.45) is 0 Å². The maximum absolute atomic E-state index is 6.31. The monoisotopic (exact) mass is 321 g/mol. The van der Waals surface area contributed by atoms with Crippen LogP contribution in [0.2, 0.25) is 0 Å². The van der Waals surface area contributed by atoms with Gasteiger partial charge in [0, 0.05) is 12.0 Å². The molecule has 0 unspecified atom stereocenters. The molecule has 6 heteroatoms. The number of nitrogens with zero attached hydrogens (tertiary/aromatic N) is 4. The third-order valence-corrected chi connectivity index (χ3v) is 5.20. The molecular weight excluding hydrogens is 302 g/mol. The molecule has 3 heterocycles. The molecule has 0 bridgehead atoms. The molecule has 1 aromatic carbocycles. The summed E-state index contributed by atoms with van der Waals surface area (Å²) >= 11 is 0. The van der Waals surface area contributed by atoms with Crippen molar-refractivity contribution in [2.75, 3.05) is 5.32 Å². The van der Waals surface area contributed by atoms with E-state index in [1.807, 2.05) is 25.1 Å². The number of rotatable bonds is 2. The maximum atomic E-state index is 6.31. The van der Waals surface area contributed by atoms with Crippen molar-refractivity contribution in [3.8, 4) is 5.75 Å². The molecule has 1 atom stereocenters. The minimum Gasteiger partial charge on any atom is -0.487 e. The molecule has 1 spiro atoms. The highest BCUT2D eigenvalue weighted by molar-refractivity contribution is 5.48. The number of fused-ring (bicyclic) bond motifs is 2. The summed E-state index contributed by atoms with van der Waals surface area (Å²) in [6, 6.07) is 12.4. The van der Waals surface area contributed by atoms with Gasteiger partial charge in [0.1, 0.15) is 17.2 Å². The summed E-state index contributed by atoms with van der Waals surface area (Å²) in [5, 5.41) is 16.4. The summed E-state index contributed by atoms with van der Waals surface area (Å²) < 4.78 is 8.09. The molecule has 24 heavy (non-hydrogen) atoms. The highest BCUT2D eigenvalue weighted by Gasteiger charge is 2.45. The maximum Gasteiger partial charge on any atom is 0.178 e. The van der Waals surface area contributed by atoms with Gasteiger partial charge in [-0.1, -0.05) is 18.2 Å². The summed E-state index contributed by atoms with van der Waals surface area (Å²) in [6.45, 7) is 1.91. The predicted octanol–water partition coefficient (Wildman–Crippen LogP) is 3.29. The Morgan fingerprint density at radius 2 is 2.04 bits per heavy atom. The molecule has 2 aliphatic rings. The van der Waals surface area contributed by atoms with Crippen molar-refractivity contribution in [1.29, 1.82) is 0 Å². The number of nitrogens with one attached hydrogen (secondary N) is 1. The SMILES string of the molecule is Cc1nnc2ccc(N[C@@H]3CC4(CCC4)Oc4ccccc43)nn12. The van der Waals surface area contributed by atoms with E-state index in [0.29, 0.717) is 0 Å². The molecule has 1 fully saturated rings. The molecule has 6 nitrogen and oxygen atoms in total. The first-order valence-electron chi connectivity index (χ1n) is 8.46. The van der Waals surface area contributed by atoms with Gasteiger partial charge in [-0.15, -0.1) is 15.3 Å². The molecular formula is C18H19N5O. The van der Waals surface area contributed by atoms with Crippen LogP contribution in [0.15, 0.2) is 36.4 Å². The fraction of sp³-hybridized carbons (Fsp3) is 0.389. The van der Waals surface area contributed by atoms with Gasteiger partial charge in [-0.3, -0.25) is 0 Å². The molecule has 5 rings (SSSR count). The molecule has 0 radical (unpaired) electrons. The zero-order valence-electron chi connectivity index (χ0n) is 13.6. The van der Waals surface area contributed by atoms with E-state index in [2.05, 4.69) is 38.8 Å². The topological polar surface area (TPSA) is 64.3 Å². The van der Waals surface area contributed by atoms with Gasteiger partial charge in [-0.2, -0.15) is 4.52 Å². The third kappa shape index (κ3) is 2.06. The summed E-state index contributed by atoms with van der Waals surface area (Å²) in [7, 11) is 0. The highest BCUT2D eigenvalue weighted by Crippen LogP contribution is 2.49. The van der Waals surface area contributed by atoms with Gasteiger partial charge < -0.3 is 10.1 Å². The van der Waals surface area contributed by atoms with E-state index in [4.69, 9.17) is 4.74 Å². The van der Waals surface area contributed by atoms with Gasteiger partial charge in [0.15, 0.2) is 11.5 Å². The zero-order valence-corrected chi connectivity index (χ0v) is 13.6. The molecule has 122 valence electrons. The Morgan fingerprint density at radius 3 is 2.88 bits per heavy atom. The normalized spacial score (nSPS) is 21.1. The summed E-state index contributed by atoms with van der Waals surface area (Å²) in [5.74, 6) is 2.63. The third-order valence-electron chi connectivity index (χ3n) is 5.20. The van der Waals surface area contributed by atoms with Crippen LogP contribution in [-0.4, -0.2) is 25.4 Å². The molecule has 3 aromatic rings. The first kappa shape index (κ1) is 13.8. The second-order valence-corrected chi connectivity index (χ2v) is 6.81. The number of benzene rings is 1. The van der Waals surface area contributed by atoms with Crippen LogP contribution in [0.1, 0.15) is 43.1 Å². The van der Waals surface area contributed by atoms with Crippen molar-refractivity contribution in [1.82, 2.24) is 19.8 Å². The number of aromatic nitrogens is 4. The first-order valence-corrected chi connectivity index (χ1v) is 8.46. The minimum absolute atomic E-state index is 0.00258. The standard InChI is InChI=1S/C18H19N5O/c1-12-20-21-17-8-7-16(22-23(12)17)19-14-11-18(9-4-10-18)24-15-6-3-2-5-13(14)15/h2-3,5-8,14H,4,9-11H2,1H3,(H,19,22)/t14-/m1/s1. The average molecular weight is 321 g/mol. The fourth-order valence-electron chi connectivity index (χ4n) is 3.78. The molecule has 1 aliphatic heterocycles. The van der Waals surface area contributed by atoms with Crippen LogP contribution in [0, 0.1) is 6.92 Å². The van der Waals surface area contributed by atoms with Crippen molar-refractivity contribution in [2.45, 2.75) is 44.2 Å². The van der Waals surface area contributed by atoms with Crippen LogP contribution < -0.4 is 10.1 Å². The number of aryl methyl sites for hydroxylation is 1. The van der Waals surface area contributed by atoms with Crippen LogP contribution in [-0.2, 0) is 0 Å². The Bertz CT molecular complexity index is 915. The number of hydrogen-bond donors (Lipinski definition) is 1. The van der Waals surface area contributed by atoms with E-state index in [-0.39, 0.29) is 11.6 Å². The Balaban J connectivity index is 1.51. The van der Waals surface area contributed by atoms with Crippen molar-refractivity contribution < 1.29 is 4.74 Å². The Kier molecular flexibility index (Phi) is 2.83. The Hall–Kier alpha value is -2.63. The van der Waals surface area contributed by atoms with E-state index in [1.54, 1.807) is 4.52 Å². The van der Waals surface area contributed by atoms with Gasteiger partial charge in [0.25, 0.3) is 0 Å². The van der Waals surface area contributed by atoms with E-state index in [1.165, 1.54) is 12.0 Å². The molecule has 1 saturated carbocycles. The molecule has 1 aliphatic carbocycles. The highest BCUT2D eigenvalue weighted by atomic mass is 16.5. The van der Waals surface area contributed by atoms with Gasteiger partial charge in [0.05, 0.1) is 6.04 Å². The summed E-state index contributed by atoms with van der Waals surface area (Å²) in [4.78, 5) is 0. The Morgan fingerprint density at radius 1 is 1.17 bits per heavy atom. The van der Waals surface area contributed by atoms with Gasteiger partial charge >= 0.3 is 0 Å². The van der Waals surface area contributed by atoms with E-state index in [0.717, 1.165) is 42.3 Å². The van der Waals surface area contributed by atoms with Crippen molar-refractivity contribution in [3.63, 3.8) is 0 Å². The zero-order chi connectivity index (χ0) is 16.1. The van der Waals surface area contributed by atoms with Crippen LogP contribution in [0.4, 0.5) is 5.82 Å². The predicted molar refractivity (Wildman–Crippen MR) is 90.2 cm³/mol. The van der Waals surface area contributed by atoms with E-state index >= 15 is 0 Å². The minimum atomic E-state index is 0.00258. The lowest BCUT2D eigenvalue weighted by Gasteiger charge is -2.48. The van der Waals surface area contributed by atoms with Crippen LogP contribution in [0.5, 0.6) is 5.75 Å². The van der Waals surface area contributed by atoms with Gasteiger partial charge in [-0.25, -0.2) is 0 Å². The lowest BCUT2D eigenvalue weighted by Crippen LogP contribution is -2.48. The lowest BCUT2D eigenvalue weighted by molar-refractivity contribution is -0.0309. The second kappa shape index (κ2) is 4.93. The quantitative estimate of drug-likeness (QED) is 0.784. The Labute approximate surface area is 139 Å². The molecule has 1 N–H and O–H groups in total. The van der Waals surface area contributed by atoms with Crippen LogP contribution in [0.3, 0.4) is 0 Å². The molecule has 0 saturated heterocycles. The smallest absolute Gasteiger partial charge is 0.178 e. The van der Waals surface area contributed by atoms with E-state index in [9.17, 15) is 0 Å². The summed E-state index contributed by atoms with van der Waals surface area (Å²) in [6.07, 6.45) is 4.50. The molecule has 2 aromatic heterocycles. The van der Waals surface area contributed by atoms with Crippen LogP contribution in [0.25, 0.3) is 5.65 Å². The number of hydrogen-bond acceptors (Lipinski definition) is 5. The number of ether oxygens (including phenoxy) is 1. The van der Waals surface area contributed by atoms with Gasteiger partial charge in [-0.05, 0) is 44.4 Å². The number of para-hydroxylation sites is 1. The van der Waals surface area contributed by atoms with Crippen molar-refractivity contribution >= 4 is 11.5 Å². The fourth-order valence-corrected chi connectivity index (χ4v) is 3.78. The van der Waals surface area contributed by atoms with Crippen LogP contribution >= 0.6 is 0 Å².